The van der Waals surface area contributed by atoms with E-state index in [-0.39, 0.29) is 5.92 Å². The first kappa shape index (κ1) is 8.29. The van der Waals surface area contributed by atoms with Crippen molar-refractivity contribution in [2.45, 2.75) is 12.8 Å². The van der Waals surface area contributed by atoms with Gasteiger partial charge in [-0.15, -0.1) is 6.42 Å². The van der Waals surface area contributed by atoms with Crippen molar-refractivity contribution in [1.29, 1.82) is 0 Å². The van der Waals surface area contributed by atoms with Gasteiger partial charge in [0.15, 0.2) is 0 Å². The molecule has 0 aromatic rings. The first-order valence-corrected chi connectivity index (χ1v) is 3.98. The van der Waals surface area contributed by atoms with E-state index < -0.39 is 0 Å². The SMILES string of the molecule is C#CCN1CCCC(C=O)C1. The molecule has 2 heteroatoms. The van der Waals surface area contributed by atoms with Gasteiger partial charge >= 0.3 is 0 Å². The number of hydrogen-bond acceptors (Lipinski definition) is 2. The minimum Gasteiger partial charge on any atom is -0.303 e. The van der Waals surface area contributed by atoms with Crippen LogP contribution in [0.25, 0.3) is 0 Å². The minimum absolute atomic E-state index is 0.220. The third kappa shape index (κ3) is 2.36. The number of aldehydes is 1. The van der Waals surface area contributed by atoms with E-state index >= 15 is 0 Å². The second-order valence-electron chi connectivity index (χ2n) is 2.98. The highest BCUT2D eigenvalue weighted by Crippen LogP contribution is 2.13. The zero-order chi connectivity index (χ0) is 8.10. The number of likely N-dealkylation sites (tertiary alicyclic amines) is 1. The van der Waals surface area contributed by atoms with Gasteiger partial charge in [0.1, 0.15) is 6.29 Å². The van der Waals surface area contributed by atoms with Gasteiger partial charge in [0.05, 0.1) is 6.54 Å². The molecule has 0 spiro atoms. The number of nitrogens with zero attached hydrogens (tertiary/aromatic N) is 1. The second-order valence-corrected chi connectivity index (χ2v) is 2.98. The monoisotopic (exact) mass is 151 g/mol. The number of hydrogen-bond donors (Lipinski definition) is 0. The van der Waals surface area contributed by atoms with Crippen molar-refractivity contribution in [2.75, 3.05) is 19.6 Å². The van der Waals surface area contributed by atoms with Gasteiger partial charge < -0.3 is 4.79 Å². The van der Waals surface area contributed by atoms with Crippen LogP contribution in [0.2, 0.25) is 0 Å². The van der Waals surface area contributed by atoms with Crippen LogP contribution in [-0.4, -0.2) is 30.8 Å². The van der Waals surface area contributed by atoms with Crippen molar-refractivity contribution in [3.8, 4) is 12.3 Å². The summed E-state index contributed by atoms with van der Waals surface area (Å²) in [7, 11) is 0. The predicted octanol–water partition coefficient (Wildman–Crippen LogP) is 0.530. The highest BCUT2D eigenvalue weighted by molar-refractivity contribution is 5.53. The van der Waals surface area contributed by atoms with Crippen LogP contribution in [-0.2, 0) is 4.79 Å². The van der Waals surface area contributed by atoms with Crippen LogP contribution >= 0.6 is 0 Å². The molecule has 60 valence electrons. The Bertz CT molecular complexity index is 171. The lowest BCUT2D eigenvalue weighted by molar-refractivity contribution is -0.112. The molecule has 0 bridgehead atoms. The van der Waals surface area contributed by atoms with Gasteiger partial charge in [-0.1, -0.05) is 5.92 Å². The largest absolute Gasteiger partial charge is 0.303 e. The van der Waals surface area contributed by atoms with E-state index in [1.807, 2.05) is 0 Å². The summed E-state index contributed by atoms with van der Waals surface area (Å²) in [4.78, 5) is 12.6. The van der Waals surface area contributed by atoms with E-state index in [0.29, 0.717) is 6.54 Å². The van der Waals surface area contributed by atoms with Gasteiger partial charge in [0.25, 0.3) is 0 Å². The van der Waals surface area contributed by atoms with Crippen molar-refractivity contribution in [1.82, 2.24) is 4.90 Å². The van der Waals surface area contributed by atoms with E-state index in [4.69, 9.17) is 6.42 Å². The maximum absolute atomic E-state index is 10.4. The predicted molar refractivity (Wildman–Crippen MR) is 44.1 cm³/mol. The molecule has 1 fully saturated rings. The fourth-order valence-corrected chi connectivity index (χ4v) is 1.48. The average Bonchev–Trinajstić information content (AvgIpc) is 2.06. The second kappa shape index (κ2) is 4.15. The molecule has 0 saturated carbocycles. The van der Waals surface area contributed by atoms with Gasteiger partial charge in [0.2, 0.25) is 0 Å². The summed E-state index contributed by atoms with van der Waals surface area (Å²) in [5.41, 5.74) is 0. The summed E-state index contributed by atoms with van der Waals surface area (Å²) < 4.78 is 0. The molecule has 1 atom stereocenters. The van der Waals surface area contributed by atoms with E-state index in [2.05, 4.69) is 10.8 Å². The number of carbonyl (C=O) groups excluding carboxylic acids is 1. The highest BCUT2D eigenvalue weighted by atomic mass is 16.1. The Morgan fingerprint density at radius 1 is 1.73 bits per heavy atom. The highest BCUT2D eigenvalue weighted by Gasteiger charge is 2.17. The Kier molecular flexibility index (Phi) is 3.13. The van der Waals surface area contributed by atoms with Crippen molar-refractivity contribution in [3.63, 3.8) is 0 Å². The first-order chi connectivity index (χ1) is 5.36. The van der Waals surface area contributed by atoms with Crippen LogP contribution in [0.5, 0.6) is 0 Å². The summed E-state index contributed by atoms with van der Waals surface area (Å²) in [6, 6.07) is 0. The zero-order valence-electron chi connectivity index (χ0n) is 6.62. The van der Waals surface area contributed by atoms with Crippen LogP contribution in [0.1, 0.15) is 12.8 Å². The van der Waals surface area contributed by atoms with E-state index in [1.165, 1.54) is 0 Å². The lowest BCUT2D eigenvalue weighted by Gasteiger charge is -2.28. The van der Waals surface area contributed by atoms with Gasteiger partial charge in [-0.05, 0) is 19.4 Å². The van der Waals surface area contributed by atoms with Gasteiger partial charge in [-0.3, -0.25) is 4.90 Å². The quantitative estimate of drug-likeness (QED) is 0.424. The first-order valence-electron chi connectivity index (χ1n) is 3.98. The topological polar surface area (TPSA) is 20.3 Å². The molecular formula is C9H13NO. The van der Waals surface area contributed by atoms with E-state index in [0.717, 1.165) is 32.2 Å². The molecule has 0 aromatic heterocycles. The van der Waals surface area contributed by atoms with Crippen LogP contribution in [0.3, 0.4) is 0 Å². The fraction of sp³-hybridized carbons (Fsp3) is 0.667. The lowest BCUT2D eigenvalue weighted by Crippen LogP contribution is -2.36. The molecule has 0 aliphatic carbocycles. The molecule has 1 aliphatic rings. The van der Waals surface area contributed by atoms with Crippen LogP contribution < -0.4 is 0 Å². The molecule has 2 nitrogen and oxygen atoms in total. The molecule has 0 aromatic carbocycles. The molecule has 0 amide bonds. The minimum atomic E-state index is 0.220. The standard InChI is InChI=1S/C9H13NO/c1-2-5-10-6-3-4-9(7-10)8-11/h1,8-9H,3-7H2. The third-order valence-electron chi connectivity index (χ3n) is 2.05. The molecule has 1 unspecified atom stereocenters. The van der Waals surface area contributed by atoms with Crippen molar-refractivity contribution in [3.05, 3.63) is 0 Å². The Morgan fingerprint density at radius 3 is 3.18 bits per heavy atom. The maximum Gasteiger partial charge on any atom is 0.124 e. The van der Waals surface area contributed by atoms with Crippen LogP contribution in [0, 0.1) is 18.3 Å². The molecule has 11 heavy (non-hydrogen) atoms. The summed E-state index contributed by atoms with van der Waals surface area (Å²) in [5.74, 6) is 2.81. The Hall–Kier alpha value is -0.810. The number of terminal acetylenes is 1. The summed E-state index contributed by atoms with van der Waals surface area (Å²) in [6.07, 6.45) is 8.35. The Labute approximate surface area is 67.6 Å². The van der Waals surface area contributed by atoms with Gasteiger partial charge in [-0.2, -0.15) is 0 Å². The zero-order valence-corrected chi connectivity index (χ0v) is 6.62. The van der Waals surface area contributed by atoms with Crippen LogP contribution in [0.15, 0.2) is 0 Å². The molecule has 0 radical (unpaired) electrons. The molecule has 1 saturated heterocycles. The number of carbonyl (C=O) groups is 1. The van der Waals surface area contributed by atoms with E-state index in [9.17, 15) is 4.79 Å². The van der Waals surface area contributed by atoms with Crippen molar-refractivity contribution < 1.29 is 4.79 Å². The van der Waals surface area contributed by atoms with Gasteiger partial charge in [-0.25, -0.2) is 0 Å². The average molecular weight is 151 g/mol. The summed E-state index contributed by atoms with van der Waals surface area (Å²) >= 11 is 0. The molecule has 1 heterocycles. The molecule has 0 N–H and O–H groups in total. The number of piperidine rings is 1. The molecule has 1 rings (SSSR count). The summed E-state index contributed by atoms with van der Waals surface area (Å²) in [5, 5.41) is 0. The van der Waals surface area contributed by atoms with Gasteiger partial charge in [0, 0.05) is 12.5 Å². The maximum atomic E-state index is 10.4. The normalized spacial score (nSPS) is 25.9. The smallest absolute Gasteiger partial charge is 0.124 e. The lowest BCUT2D eigenvalue weighted by atomic mass is 10.00. The van der Waals surface area contributed by atoms with E-state index in [1.54, 1.807) is 0 Å². The molecule has 1 aliphatic heterocycles. The third-order valence-corrected chi connectivity index (χ3v) is 2.05. The van der Waals surface area contributed by atoms with Crippen molar-refractivity contribution in [2.24, 2.45) is 5.92 Å². The Morgan fingerprint density at radius 2 is 2.55 bits per heavy atom. The van der Waals surface area contributed by atoms with Crippen molar-refractivity contribution >= 4 is 6.29 Å². The number of rotatable bonds is 2. The van der Waals surface area contributed by atoms with Crippen LogP contribution in [0.4, 0.5) is 0 Å². The fourth-order valence-electron chi connectivity index (χ4n) is 1.48. The summed E-state index contributed by atoms with van der Waals surface area (Å²) in [6.45, 7) is 2.59. The Balaban J connectivity index is 2.34. The molecular weight excluding hydrogens is 138 g/mol.